The number of aromatic nitrogens is 1. The molecule has 0 spiro atoms. The molecule has 2 aliphatic heterocycles. The summed E-state index contributed by atoms with van der Waals surface area (Å²) in [6.45, 7) is 3.76. The molecule has 1 aromatic carbocycles. The SMILES string of the molecule is O=C(NCCCCC1CCN(C(=O)c2ccccn2)CC1)N1Cc2ccccc2C1. The molecule has 1 N–H and O–H groups in total. The molecular weight excluding hydrogens is 376 g/mol. The van der Waals surface area contributed by atoms with E-state index in [1.165, 1.54) is 11.1 Å². The van der Waals surface area contributed by atoms with Crippen LogP contribution in [0.25, 0.3) is 0 Å². The Balaban J connectivity index is 1.09. The molecule has 0 atom stereocenters. The van der Waals surface area contributed by atoms with Crippen molar-refractivity contribution in [3.8, 4) is 0 Å². The van der Waals surface area contributed by atoms with Crippen LogP contribution in [0.5, 0.6) is 0 Å². The van der Waals surface area contributed by atoms with Crippen LogP contribution in [0.2, 0.25) is 0 Å². The first-order valence-corrected chi connectivity index (χ1v) is 11.0. The summed E-state index contributed by atoms with van der Waals surface area (Å²) in [5.74, 6) is 0.711. The Hall–Kier alpha value is -2.89. The second-order valence-electron chi connectivity index (χ2n) is 8.30. The zero-order valence-corrected chi connectivity index (χ0v) is 17.4. The second kappa shape index (κ2) is 9.74. The smallest absolute Gasteiger partial charge is 0.318 e. The van der Waals surface area contributed by atoms with Crippen LogP contribution >= 0.6 is 0 Å². The molecule has 3 amide bonds. The van der Waals surface area contributed by atoms with Gasteiger partial charge in [0.1, 0.15) is 5.69 Å². The third-order valence-electron chi connectivity index (χ3n) is 6.23. The summed E-state index contributed by atoms with van der Waals surface area (Å²) in [6.07, 6.45) is 7.05. The van der Waals surface area contributed by atoms with Gasteiger partial charge in [-0.2, -0.15) is 0 Å². The predicted molar refractivity (Wildman–Crippen MR) is 116 cm³/mol. The highest BCUT2D eigenvalue weighted by Crippen LogP contribution is 2.24. The monoisotopic (exact) mass is 406 g/mol. The lowest BCUT2D eigenvalue weighted by Gasteiger charge is -2.31. The van der Waals surface area contributed by atoms with Crippen molar-refractivity contribution in [3.63, 3.8) is 0 Å². The number of hydrogen-bond acceptors (Lipinski definition) is 3. The van der Waals surface area contributed by atoms with E-state index in [0.717, 1.165) is 51.7 Å². The van der Waals surface area contributed by atoms with E-state index in [9.17, 15) is 9.59 Å². The van der Waals surface area contributed by atoms with Gasteiger partial charge in [-0.1, -0.05) is 43.2 Å². The molecule has 158 valence electrons. The van der Waals surface area contributed by atoms with E-state index in [1.807, 2.05) is 34.1 Å². The van der Waals surface area contributed by atoms with Gasteiger partial charge in [-0.05, 0) is 48.4 Å². The third kappa shape index (κ3) is 4.99. The number of hydrogen-bond donors (Lipinski definition) is 1. The minimum absolute atomic E-state index is 0.0348. The lowest BCUT2D eigenvalue weighted by atomic mass is 9.91. The number of carbonyl (C=O) groups excluding carboxylic acids is 2. The van der Waals surface area contributed by atoms with Crippen LogP contribution in [0.1, 0.15) is 53.7 Å². The molecule has 1 saturated heterocycles. The highest BCUT2D eigenvalue weighted by atomic mass is 16.2. The van der Waals surface area contributed by atoms with E-state index in [4.69, 9.17) is 0 Å². The summed E-state index contributed by atoms with van der Waals surface area (Å²) in [6, 6.07) is 13.7. The Labute approximate surface area is 178 Å². The van der Waals surface area contributed by atoms with Gasteiger partial charge in [-0.3, -0.25) is 9.78 Å². The minimum atomic E-state index is 0.0348. The maximum absolute atomic E-state index is 12.5. The summed E-state index contributed by atoms with van der Waals surface area (Å²) in [5, 5.41) is 3.06. The predicted octanol–water partition coefficient (Wildman–Crippen LogP) is 3.83. The van der Waals surface area contributed by atoms with Crippen LogP contribution in [0.4, 0.5) is 4.79 Å². The standard InChI is InChI=1S/C24H30N4O2/c29-23(22-10-4-6-13-25-22)27-15-11-19(12-16-27)7-3-5-14-26-24(30)28-17-20-8-1-2-9-21(20)18-28/h1-2,4,6,8-10,13,19H,3,5,7,11-12,14-18H2,(H,26,30). The number of amides is 3. The number of likely N-dealkylation sites (tertiary alicyclic amines) is 1. The van der Waals surface area contributed by atoms with Crippen LogP contribution < -0.4 is 5.32 Å². The molecule has 2 aliphatic rings. The van der Waals surface area contributed by atoms with Gasteiger partial charge in [-0.25, -0.2) is 4.79 Å². The van der Waals surface area contributed by atoms with Gasteiger partial charge in [0.2, 0.25) is 0 Å². The van der Waals surface area contributed by atoms with Gasteiger partial charge in [0.25, 0.3) is 5.91 Å². The van der Waals surface area contributed by atoms with Crippen molar-refractivity contribution in [2.24, 2.45) is 5.92 Å². The molecule has 6 nitrogen and oxygen atoms in total. The summed E-state index contributed by atoms with van der Waals surface area (Å²) in [4.78, 5) is 32.8. The number of benzene rings is 1. The fourth-order valence-electron chi connectivity index (χ4n) is 4.42. The highest BCUT2D eigenvalue weighted by Gasteiger charge is 2.24. The Morgan fingerprint density at radius 1 is 0.933 bits per heavy atom. The molecule has 3 heterocycles. The van der Waals surface area contributed by atoms with E-state index in [0.29, 0.717) is 24.7 Å². The molecule has 0 bridgehead atoms. The Morgan fingerprint density at radius 2 is 1.63 bits per heavy atom. The number of fused-ring (bicyclic) bond motifs is 1. The van der Waals surface area contributed by atoms with Crippen molar-refractivity contribution in [3.05, 3.63) is 65.5 Å². The molecule has 0 aliphatic carbocycles. The molecule has 1 fully saturated rings. The van der Waals surface area contributed by atoms with Crippen molar-refractivity contribution < 1.29 is 9.59 Å². The van der Waals surface area contributed by atoms with E-state index in [1.54, 1.807) is 12.3 Å². The first-order valence-electron chi connectivity index (χ1n) is 11.0. The molecule has 0 saturated carbocycles. The first-order chi connectivity index (χ1) is 14.7. The number of piperidine rings is 1. The van der Waals surface area contributed by atoms with Crippen molar-refractivity contribution in [1.29, 1.82) is 0 Å². The molecule has 0 radical (unpaired) electrons. The summed E-state index contributed by atoms with van der Waals surface area (Å²) < 4.78 is 0. The zero-order chi connectivity index (χ0) is 20.8. The van der Waals surface area contributed by atoms with Crippen molar-refractivity contribution in [2.75, 3.05) is 19.6 Å². The molecule has 2 aromatic rings. The van der Waals surface area contributed by atoms with Crippen molar-refractivity contribution >= 4 is 11.9 Å². The Kier molecular flexibility index (Phi) is 6.62. The van der Waals surface area contributed by atoms with Crippen LogP contribution in [0.3, 0.4) is 0 Å². The quantitative estimate of drug-likeness (QED) is 0.742. The molecule has 30 heavy (non-hydrogen) atoms. The van der Waals surface area contributed by atoms with Crippen LogP contribution in [0, 0.1) is 5.92 Å². The molecule has 6 heteroatoms. The maximum Gasteiger partial charge on any atom is 0.318 e. The molecule has 4 rings (SSSR count). The fraction of sp³-hybridized carbons (Fsp3) is 0.458. The second-order valence-corrected chi connectivity index (χ2v) is 8.30. The van der Waals surface area contributed by atoms with E-state index < -0.39 is 0 Å². The summed E-state index contributed by atoms with van der Waals surface area (Å²) >= 11 is 0. The third-order valence-corrected chi connectivity index (χ3v) is 6.23. The van der Waals surface area contributed by atoms with Crippen molar-refractivity contribution in [1.82, 2.24) is 20.1 Å². The van der Waals surface area contributed by atoms with Gasteiger partial charge in [-0.15, -0.1) is 0 Å². The molecule has 0 unspecified atom stereocenters. The van der Waals surface area contributed by atoms with Crippen LogP contribution in [0.15, 0.2) is 48.7 Å². The number of carbonyl (C=O) groups is 2. The first kappa shape index (κ1) is 20.4. The minimum Gasteiger partial charge on any atom is -0.338 e. The Bertz CT molecular complexity index is 838. The lowest BCUT2D eigenvalue weighted by Crippen LogP contribution is -2.39. The van der Waals surface area contributed by atoms with E-state index in [-0.39, 0.29) is 11.9 Å². The summed E-state index contributed by atoms with van der Waals surface area (Å²) in [7, 11) is 0. The lowest BCUT2D eigenvalue weighted by molar-refractivity contribution is 0.0680. The van der Waals surface area contributed by atoms with Gasteiger partial charge >= 0.3 is 6.03 Å². The summed E-state index contributed by atoms with van der Waals surface area (Å²) in [5.41, 5.74) is 3.04. The zero-order valence-electron chi connectivity index (χ0n) is 17.4. The maximum atomic E-state index is 12.5. The highest BCUT2D eigenvalue weighted by molar-refractivity contribution is 5.92. The number of urea groups is 1. The fourth-order valence-corrected chi connectivity index (χ4v) is 4.42. The van der Waals surface area contributed by atoms with Gasteiger partial charge in [0.05, 0.1) is 0 Å². The largest absolute Gasteiger partial charge is 0.338 e. The van der Waals surface area contributed by atoms with Crippen molar-refractivity contribution in [2.45, 2.75) is 45.2 Å². The van der Waals surface area contributed by atoms with Gasteiger partial charge in [0.15, 0.2) is 0 Å². The van der Waals surface area contributed by atoms with Crippen LogP contribution in [-0.2, 0) is 13.1 Å². The van der Waals surface area contributed by atoms with E-state index in [2.05, 4.69) is 22.4 Å². The Morgan fingerprint density at radius 3 is 2.30 bits per heavy atom. The van der Waals surface area contributed by atoms with Gasteiger partial charge in [0, 0.05) is 38.9 Å². The normalized spacial score (nSPS) is 16.4. The van der Waals surface area contributed by atoms with Gasteiger partial charge < -0.3 is 15.1 Å². The number of nitrogens with one attached hydrogen (secondary N) is 1. The van der Waals surface area contributed by atoms with E-state index >= 15 is 0 Å². The molecular formula is C24H30N4O2. The topological polar surface area (TPSA) is 65.5 Å². The number of unbranched alkanes of at least 4 members (excludes halogenated alkanes) is 1. The molecule has 1 aromatic heterocycles. The number of pyridine rings is 1. The average molecular weight is 407 g/mol. The van der Waals surface area contributed by atoms with Crippen LogP contribution in [-0.4, -0.2) is 46.4 Å². The number of nitrogens with zero attached hydrogens (tertiary/aromatic N) is 3. The average Bonchev–Trinajstić information content (AvgIpc) is 3.24. The number of rotatable bonds is 6.